The molecular formula is C27H38O4. The Hall–Kier alpha value is -2.75. The molecule has 0 radical (unpaired) electrons. The number of benzene rings is 1. The zero-order chi connectivity index (χ0) is 23.4. The van der Waals surface area contributed by atoms with E-state index in [-0.39, 0.29) is 11.3 Å². The van der Waals surface area contributed by atoms with Gasteiger partial charge < -0.3 is 15.3 Å². The van der Waals surface area contributed by atoms with Crippen LogP contribution < -0.4 is 0 Å². The Morgan fingerprint density at radius 1 is 0.774 bits per heavy atom. The smallest absolute Gasteiger partial charge is 0.335 e. The maximum atomic E-state index is 11.1. The molecule has 0 spiro atoms. The van der Waals surface area contributed by atoms with Gasteiger partial charge in [0.25, 0.3) is 0 Å². The highest BCUT2D eigenvalue weighted by Gasteiger charge is 2.12. The average Bonchev–Trinajstić information content (AvgIpc) is 2.68. The van der Waals surface area contributed by atoms with E-state index in [9.17, 15) is 15.0 Å². The molecule has 1 aromatic carbocycles. The fraction of sp³-hybridized carbons (Fsp3) is 0.444. The van der Waals surface area contributed by atoms with Crippen LogP contribution in [0.1, 0.15) is 89.1 Å². The summed E-state index contributed by atoms with van der Waals surface area (Å²) in [4.78, 5) is 11.1. The molecule has 170 valence electrons. The summed E-state index contributed by atoms with van der Waals surface area (Å²) in [6, 6.07) is 2.46. The third-order valence-corrected chi connectivity index (χ3v) is 5.24. The lowest BCUT2D eigenvalue weighted by Gasteiger charge is -2.07. The Kier molecular flexibility index (Phi) is 11.5. The number of carbonyl (C=O) groups is 1. The Bertz CT molecular complexity index is 865. The van der Waals surface area contributed by atoms with Crippen LogP contribution in [0.3, 0.4) is 0 Å². The van der Waals surface area contributed by atoms with Crippen molar-refractivity contribution in [2.45, 2.75) is 79.6 Å². The summed E-state index contributed by atoms with van der Waals surface area (Å²) in [5.41, 5.74) is 5.76. The molecule has 0 unspecified atom stereocenters. The van der Waals surface area contributed by atoms with Crippen LogP contribution in [0.4, 0.5) is 0 Å². The first kappa shape index (κ1) is 26.3. The average molecular weight is 427 g/mol. The van der Waals surface area contributed by atoms with Crippen molar-refractivity contribution in [3.8, 4) is 11.5 Å². The SMILES string of the molecule is CC(C)=CCCC(C)=CCCC(C)=CCCC(C)=CCc1cc(C(=O)O)cc(O)c1O. The van der Waals surface area contributed by atoms with Crippen molar-refractivity contribution >= 4 is 5.97 Å². The third-order valence-electron chi connectivity index (χ3n) is 5.24. The summed E-state index contributed by atoms with van der Waals surface area (Å²) in [7, 11) is 0. The molecule has 4 nitrogen and oxygen atoms in total. The molecule has 0 saturated carbocycles. The number of hydrogen-bond acceptors (Lipinski definition) is 3. The molecule has 0 amide bonds. The van der Waals surface area contributed by atoms with Crippen molar-refractivity contribution in [1.29, 1.82) is 0 Å². The summed E-state index contributed by atoms with van der Waals surface area (Å²) in [5, 5.41) is 28.8. The van der Waals surface area contributed by atoms with Gasteiger partial charge in [-0.2, -0.15) is 0 Å². The van der Waals surface area contributed by atoms with Gasteiger partial charge in [0.2, 0.25) is 0 Å². The van der Waals surface area contributed by atoms with Gasteiger partial charge in [0.1, 0.15) is 0 Å². The highest BCUT2D eigenvalue weighted by atomic mass is 16.4. The van der Waals surface area contributed by atoms with Gasteiger partial charge >= 0.3 is 5.97 Å². The molecule has 1 aromatic rings. The van der Waals surface area contributed by atoms with Crippen molar-refractivity contribution in [3.05, 3.63) is 69.9 Å². The third kappa shape index (κ3) is 10.7. The van der Waals surface area contributed by atoms with Crippen LogP contribution in [-0.2, 0) is 6.42 Å². The van der Waals surface area contributed by atoms with E-state index in [0.717, 1.165) is 44.6 Å². The Morgan fingerprint density at radius 2 is 1.26 bits per heavy atom. The van der Waals surface area contributed by atoms with Crippen LogP contribution in [0.5, 0.6) is 11.5 Å². The first-order valence-electron chi connectivity index (χ1n) is 11.0. The summed E-state index contributed by atoms with van der Waals surface area (Å²) >= 11 is 0. The second-order valence-electron chi connectivity index (χ2n) is 8.56. The van der Waals surface area contributed by atoms with Crippen molar-refractivity contribution in [2.75, 3.05) is 0 Å². The van der Waals surface area contributed by atoms with E-state index in [4.69, 9.17) is 5.11 Å². The number of hydrogen-bond donors (Lipinski definition) is 3. The van der Waals surface area contributed by atoms with Gasteiger partial charge in [-0.05, 0) is 91.7 Å². The number of aromatic carboxylic acids is 1. The topological polar surface area (TPSA) is 77.8 Å². The van der Waals surface area contributed by atoms with E-state index < -0.39 is 11.7 Å². The van der Waals surface area contributed by atoms with E-state index in [1.165, 1.54) is 28.4 Å². The van der Waals surface area contributed by atoms with E-state index in [1.54, 1.807) is 0 Å². The lowest BCUT2D eigenvalue weighted by molar-refractivity contribution is 0.0696. The summed E-state index contributed by atoms with van der Waals surface area (Å²) in [5.74, 6) is -1.79. The van der Waals surface area contributed by atoms with Crippen LogP contribution in [0, 0.1) is 0 Å². The molecule has 0 saturated heterocycles. The molecule has 3 N–H and O–H groups in total. The second kappa shape index (κ2) is 13.5. The maximum Gasteiger partial charge on any atom is 0.335 e. The van der Waals surface area contributed by atoms with Crippen LogP contribution in [0.15, 0.2) is 58.7 Å². The number of allylic oxidation sites excluding steroid dienone is 8. The predicted octanol–water partition coefficient (Wildman–Crippen LogP) is 7.48. The molecule has 0 aliphatic carbocycles. The minimum atomic E-state index is -1.13. The van der Waals surface area contributed by atoms with Gasteiger partial charge in [0, 0.05) is 5.56 Å². The molecule has 0 aliphatic rings. The van der Waals surface area contributed by atoms with Crippen molar-refractivity contribution in [2.24, 2.45) is 0 Å². The molecule has 0 atom stereocenters. The monoisotopic (exact) mass is 426 g/mol. The molecule has 4 heteroatoms. The van der Waals surface area contributed by atoms with E-state index >= 15 is 0 Å². The molecule has 0 heterocycles. The quantitative estimate of drug-likeness (QED) is 0.239. The molecule has 0 fully saturated rings. The molecule has 1 rings (SSSR count). The fourth-order valence-corrected chi connectivity index (χ4v) is 3.23. The van der Waals surface area contributed by atoms with E-state index in [1.807, 2.05) is 13.0 Å². The Morgan fingerprint density at radius 3 is 1.74 bits per heavy atom. The van der Waals surface area contributed by atoms with Gasteiger partial charge in [-0.25, -0.2) is 4.79 Å². The maximum absolute atomic E-state index is 11.1. The number of phenols is 2. The normalized spacial score (nSPS) is 12.7. The minimum Gasteiger partial charge on any atom is -0.504 e. The highest BCUT2D eigenvalue weighted by Crippen LogP contribution is 2.31. The highest BCUT2D eigenvalue weighted by molar-refractivity contribution is 5.89. The van der Waals surface area contributed by atoms with Crippen molar-refractivity contribution < 1.29 is 20.1 Å². The largest absolute Gasteiger partial charge is 0.504 e. The molecular weight excluding hydrogens is 388 g/mol. The van der Waals surface area contributed by atoms with Crippen LogP contribution in [0.2, 0.25) is 0 Å². The van der Waals surface area contributed by atoms with Crippen LogP contribution >= 0.6 is 0 Å². The lowest BCUT2D eigenvalue weighted by Crippen LogP contribution is -1.98. The minimum absolute atomic E-state index is 0.0314. The first-order valence-corrected chi connectivity index (χ1v) is 11.0. The van der Waals surface area contributed by atoms with Crippen molar-refractivity contribution in [1.82, 2.24) is 0 Å². The molecule has 0 aromatic heterocycles. The number of carboxylic acid groups (broad SMARTS) is 1. The fourth-order valence-electron chi connectivity index (χ4n) is 3.23. The number of carboxylic acids is 1. The number of aromatic hydroxyl groups is 2. The zero-order valence-corrected chi connectivity index (χ0v) is 19.7. The van der Waals surface area contributed by atoms with E-state index in [2.05, 4.69) is 45.9 Å². The van der Waals surface area contributed by atoms with E-state index in [0.29, 0.717) is 12.0 Å². The second-order valence-corrected chi connectivity index (χ2v) is 8.56. The molecule has 0 bridgehead atoms. The Balaban J connectivity index is 2.49. The summed E-state index contributed by atoms with van der Waals surface area (Å²) in [6.07, 6.45) is 15.5. The predicted molar refractivity (Wildman–Crippen MR) is 129 cm³/mol. The first-order chi connectivity index (χ1) is 14.6. The Labute approximate surface area is 187 Å². The van der Waals surface area contributed by atoms with Gasteiger partial charge in [0.15, 0.2) is 11.5 Å². The van der Waals surface area contributed by atoms with Gasteiger partial charge in [0.05, 0.1) is 5.56 Å². The summed E-state index contributed by atoms with van der Waals surface area (Å²) < 4.78 is 0. The number of phenolic OH excluding ortho intramolecular Hbond substituents is 2. The zero-order valence-electron chi connectivity index (χ0n) is 19.7. The number of rotatable bonds is 12. The molecule has 0 aliphatic heterocycles. The van der Waals surface area contributed by atoms with Gasteiger partial charge in [-0.3, -0.25) is 0 Å². The van der Waals surface area contributed by atoms with Crippen LogP contribution in [0.25, 0.3) is 0 Å². The van der Waals surface area contributed by atoms with Crippen LogP contribution in [-0.4, -0.2) is 21.3 Å². The molecule has 31 heavy (non-hydrogen) atoms. The van der Waals surface area contributed by atoms with Gasteiger partial charge in [-0.1, -0.05) is 46.6 Å². The van der Waals surface area contributed by atoms with Gasteiger partial charge in [-0.15, -0.1) is 0 Å². The standard InChI is InChI=1S/C27H38O4/c1-19(2)9-6-10-20(3)11-7-12-21(4)13-8-14-22(5)15-16-23-17-24(27(30)31)18-25(28)26(23)29/h9,11,13,15,17-18,28-29H,6-8,10,12,14,16H2,1-5H3,(H,30,31). The van der Waals surface area contributed by atoms with Crippen molar-refractivity contribution in [3.63, 3.8) is 0 Å². The lowest BCUT2D eigenvalue weighted by atomic mass is 10.0. The summed E-state index contributed by atoms with van der Waals surface area (Å²) in [6.45, 7) is 10.7.